The lowest BCUT2D eigenvalue weighted by Crippen LogP contribution is -2.53. The summed E-state index contributed by atoms with van der Waals surface area (Å²) in [6.07, 6.45) is -0.169. The fraction of sp³-hybridized carbons (Fsp3) is 1.00. The van der Waals surface area contributed by atoms with Gasteiger partial charge in [-0.1, -0.05) is 0 Å². The summed E-state index contributed by atoms with van der Waals surface area (Å²) in [5.74, 6) is 0. The fourth-order valence-corrected chi connectivity index (χ4v) is 1.86. The molecule has 2 aliphatic rings. The normalized spacial score (nSPS) is 29.2. The van der Waals surface area contributed by atoms with E-state index in [1.807, 2.05) is 0 Å². The molecule has 78 valence electrons. The second-order valence-corrected chi connectivity index (χ2v) is 3.80. The number of ether oxygens (including phenoxy) is 1. The van der Waals surface area contributed by atoms with Crippen molar-refractivity contribution in [3.63, 3.8) is 0 Å². The molecule has 2 aliphatic heterocycles. The van der Waals surface area contributed by atoms with Gasteiger partial charge in [0.2, 0.25) is 6.17 Å². The molecule has 0 aromatic heterocycles. The maximum absolute atomic E-state index is 5.43. The maximum Gasteiger partial charge on any atom is 0.202 e. The lowest BCUT2D eigenvalue weighted by molar-refractivity contribution is -0.0301. The second-order valence-electron chi connectivity index (χ2n) is 3.80. The quantitative estimate of drug-likeness (QED) is 0.669. The molecule has 2 heterocycles. The van der Waals surface area contributed by atoms with E-state index in [9.17, 15) is 0 Å². The Morgan fingerprint density at radius 2 is 2.00 bits per heavy atom. The predicted octanol–water partition coefficient (Wildman–Crippen LogP) is 1.25. The molecule has 2 rings (SSSR count). The van der Waals surface area contributed by atoms with Gasteiger partial charge < -0.3 is 4.74 Å². The van der Waals surface area contributed by atoms with Crippen molar-refractivity contribution in [3.8, 4) is 0 Å². The third-order valence-electron chi connectivity index (χ3n) is 2.60. The van der Waals surface area contributed by atoms with E-state index in [1.165, 1.54) is 0 Å². The van der Waals surface area contributed by atoms with Crippen LogP contribution in [0.2, 0.25) is 0 Å². The highest BCUT2D eigenvalue weighted by Gasteiger charge is 2.33. The second kappa shape index (κ2) is 4.10. The molecular weight excluding hydrogens is 182 g/mol. The van der Waals surface area contributed by atoms with Gasteiger partial charge in [0.25, 0.3) is 0 Å². The molecule has 0 aromatic rings. The van der Waals surface area contributed by atoms with Crippen molar-refractivity contribution in [2.24, 2.45) is 20.7 Å². The van der Waals surface area contributed by atoms with E-state index >= 15 is 0 Å². The van der Waals surface area contributed by atoms with Crippen LogP contribution in [0, 0.1) is 0 Å². The average molecular weight is 197 g/mol. The van der Waals surface area contributed by atoms with E-state index < -0.39 is 0 Å². The average Bonchev–Trinajstić information content (AvgIpc) is 2.70. The van der Waals surface area contributed by atoms with Crippen molar-refractivity contribution in [1.82, 2.24) is 4.90 Å². The summed E-state index contributed by atoms with van der Waals surface area (Å²) in [5.41, 5.74) is 0. The summed E-state index contributed by atoms with van der Waals surface area (Å²) in [6.45, 7) is 6.73. The highest BCUT2D eigenvalue weighted by Crippen LogP contribution is 2.20. The summed E-state index contributed by atoms with van der Waals surface area (Å²) in [4.78, 5) is 2.34. The van der Waals surface area contributed by atoms with Crippen molar-refractivity contribution < 1.29 is 4.74 Å². The number of morpholine rings is 1. The minimum Gasteiger partial charge on any atom is -0.378 e. The first-order chi connectivity index (χ1) is 6.79. The van der Waals surface area contributed by atoms with Gasteiger partial charge in [-0.25, -0.2) is 0 Å². The van der Waals surface area contributed by atoms with E-state index in [0.29, 0.717) is 12.6 Å². The van der Waals surface area contributed by atoms with Gasteiger partial charge in [0.1, 0.15) is 0 Å². The van der Waals surface area contributed by atoms with Crippen LogP contribution in [0.15, 0.2) is 20.7 Å². The van der Waals surface area contributed by atoms with E-state index in [0.717, 1.165) is 13.2 Å². The number of hydrogen-bond donors (Lipinski definition) is 0. The molecule has 0 bridgehead atoms. The van der Waals surface area contributed by atoms with E-state index in [2.05, 4.69) is 39.4 Å². The van der Waals surface area contributed by atoms with Crippen LogP contribution in [0.25, 0.3) is 0 Å². The van der Waals surface area contributed by atoms with Crippen LogP contribution < -0.4 is 0 Å². The van der Waals surface area contributed by atoms with Crippen LogP contribution in [0.3, 0.4) is 0 Å². The van der Waals surface area contributed by atoms with Crippen molar-refractivity contribution in [2.75, 3.05) is 19.8 Å². The number of hydrogen-bond acceptors (Lipinski definition) is 6. The van der Waals surface area contributed by atoms with Gasteiger partial charge in [0, 0.05) is 12.6 Å². The molecule has 1 fully saturated rings. The largest absolute Gasteiger partial charge is 0.378 e. The van der Waals surface area contributed by atoms with Gasteiger partial charge >= 0.3 is 0 Å². The van der Waals surface area contributed by atoms with Gasteiger partial charge in [-0.3, -0.25) is 4.90 Å². The topological polar surface area (TPSA) is 61.9 Å². The molecule has 6 nitrogen and oxygen atoms in total. The van der Waals surface area contributed by atoms with Gasteiger partial charge in [-0.15, -0.1) is 10.2 Å². The molecule has 0 radical (unpaired) electrons. The first-order valence-electron chi connectivity index (χ1n) is 4.92. The molecule has 0 spiro atoms. The first kappa shape index (κ1) is 9.67. The zero-order valence-electron chi connectivity index (χ0n) is 8.50. The van der Waals surface area contributed by atoms with Crippen molar-refractivity contribution in [3.05, 3.63) is 0 Å². The Balaban J connectivity index is 2.06. The lowest BCUT2D eigenvalue weighted by atomic mass is 10.1. The first-order valence-corrected chi connectivity index (χ1v) is 4.92. The fourth-order valence-electron chi connectivity index (χ4n) is 1.86. The van der Waals surface area contributed by atoms with Gasteiger partial charge in [-0.2, -0.15) is 0 Å². The summed E-state index contributed by atoms with van der Waals surface area (Å²) in [7, 11) is 0. The van der Waals surface area contributed by atoms with Crippen molar-refractivity contribution in [1.29, 1.82) is 0 Å². The van der Waals surface area contributed by atoms with Crippen LogP contribution >= 0.6 is 0 Å². The lowest BCUT2D eigenvalue weighted by Gasteiger charge is -2.38. The molecule has 1 atom stereocenters. The molecule has 6 heteroatoms. The molecule has 0 saturated carbocycles. The van der Waals surface area contributed by atoms with Gasteiger partial charge in [0.05, 0.1) is 19.3 Å². The molecule has 0 aliphatic carbocycles. The van der Waals surface area contributed by atoms with Crippen molar-refractivity contribution in [2.45, 2.75) is 32.1 Å². The molecule has 0 amide bonds. The molecule has 1 saturated heterocycles. The summed E-state index contributed by atoms with van der Waals surface area (Å²) in [5, 5.41) is 15.0. The highest BCUT2D eigenvalue weighted by atomic mass is 16.5. The zero-order valence-corrected chi connectivity index (χ0v) is 8.50. The van der Waals surface area contributed by atoms with E-state index in [1.54, 1.807) is 0 Å². The Morgan fingerprint density at radius 3 is 2.64 bits per heavy atom. The summed E-state index contributed by atoms with van der Waals surface area (Å²) < 4.78 is 5.43. The van der Waals surface area contributed by atoms with E-state index in [-0.39, 0.29) is 12.2 Å². The Bertz CT molecular complexity index is 240. The summed E-state index contributed by atoms with van der Waals surface area (Å²) in [6, 6.07) is 0.675. The Labute approximate surface area is 83.0 Å². The van der Waals surface area contributed by atoms with Crippen LogP contribution in [0.4, 0.5) is 0 Å². The third-order valence-corrected chi connectivity index (χ3v) is 2.60. The predicted molar refractivity (Wildman–Crippen MR) is 49.9 cm³/mol. The van der Waals surface area contributed by atoms with E-state index in [4.69, 9.17) is 4.74 Å². The van der Waals surface area contributed by atoms with Gasteiger partial charge in [-0.05, 0) is 24.3 Å². The summed E-state index contributed by atoms with van der Waals surface area (Å²) >= 11 is 0. The van der Waals surface area contributed by atoms with Crippen LogP contribution in [-0.2, 0) is 4.74 Å². The van der Waals surface area contributed by atoms with Crippen LogP contribution in [0.5, 0.6) is 0 Å². The highest BCUT2D eigenvalue weighted by molar-refractivity contribution is 4.86. The zero-order chi connectivity index (χ0) is 9.97. The standard InChI is InChI=1S/C8H15N5O/c1-6(2)13-3-4-14-5-7(13)8-9-11-12-10-8/h6-8H,3-5H2,1-2H3. The van der Waals surface area contributed by atoms with Crippen molar-refractivity contribution >= 4 is 0 Å². The van der Waals surface area contributed by atoms with Gasteiger partial charge in [0.15, 0.2) is 0 Å². The minimum absolute atomic E-state index is 0.169. The third kappa shape index (κ3) is 1.80. The van der Waals surface area contributed by atoms with Crippen LogP contribution in [0.1, 0.15) is 13.8 Å². The smallest absolute Gasteiger partial charge is 0.202 e. The molecular formula is C8H15N5O. The Kier molecular flexibility index (Phi) is 2.83. The SMILES string of the molecule is CC(C)N1CCOCC1C1N=NN=N1. The monoisotopic (exact) mass is 197 g/mol. The molecule has 0 aromatic carbocycles. The molecule has 0 N–H and O–H groups in total. The molecule has 1 unspecified atom stereocenters. The number of rotatable bonds is 2. The molecule has 14 heavy (non-hydrogen) atoms. The maximum atomic E-state index is 5.43. The Morgan fingerprint density at radius 1 is 1.29 bits per heavy atom. The minimum atomic E-state index is -0.169. The number of nitrogens with zero attached hydrogens (tertiary/aromatic N) is 5. The Hall–Kier alpha value is -0.880. The van der Waals surface area contributed by atoms with Crippen LogP contribution in [-0.4, -0.2) is 42.9 Å².